The van der Waals surface area contributed by atoms with Crippen molar-refractivity contribution in [1.82, 2.24) is 10.3 Å². The molecule has 0 aliphatic carbocycles. The Balaban J connectivity index is 2.95. The number of halogens is 1. The van der Waals surface area contributed by atoms with Crippen LogP contribution < -0.4 is 5.32 Å². The molecule has 0 saturated heterocycles. The number of likely N-dealkylation sites (N-methyl/N-ethyl adjacent to an activating group) is 1. The van der Waals surface area contributed by atoms with Crippen molar-refractivity contribution in [3.63, 3.8) is 0 Å². The van der Waals surface area contributed by atoms with Crippen molar-refractivity contribution in [1.29, 1.82) is 0 Å². The maximum atomic E-state index is 4.14. The van der Waals surface area contributed by atoms with Crippen LogP contribution in [0.3, 0.4) is 0 Å². The van der Waals surface area contributed by atoms with Crippen LogP contribution in [0.1, 0.15) is 25.5 Å². The molecular formula is C11H15BrN2. The van der Waals surface area contributed by atoms with E-state index in [4.69, 9.17) is 0 Å². The second-order valence-corrected chi connectivity index (χ2v) is 4.36. The number of rotatable bonds is 3. The van der Waals surface area contributed by atoms with Crippen molar-refractivity contribution >= 4 is 15.9 Å². The maximum absolute atomic E-state index is 4.14. The Bertz CT molecular complexity index is 330. The average molecular weight is 255 g/mol. The molecule has 1 rings (SSSR count). The minimum atomic E-state index is 0.241. The van der Waals surface area contributed by atoms with Crippen molar-refractivity contribution in [3.05, 3.63) is 40.1 Å². The molecule has 76 valence electrons. The summed E-state index contributed by atoms with van der Waals surface area (Å²) in [7, 11) is 1.95. The van der Waals surface area contributed by atoms with Gasteiger partial charge in [0.15, 0.2) is 0 Å². The maximum Gasteiger partial charge on any atom is 0.0521 e. The van der Waals surface area contributed by atoms with E-state index in [0.717, 1.165) is 4.47 Å². The Morgan fingerprint density at radius 2 is 2.21 bits per heavy atom. The predicted molar refractivity (Wildman–Crippen MR) is 63.2 cm³/mol. The molecule has 0 radical (unpaired) electrons. The molecule has 0 spiro atoms. The van der Waals surface area contributed by atoms with Crippen molar-refractivity contribution in [2.45, 2.75) is 19.9 Å². The first-order valence-electron chi connectivity index (χ1n) is 4.56. The Morgan fingerprint density at radius 1 is 1.50 bits per heavy atom. The van der Waals surface area contributed by atoms with Crippen LogP contribution in [-0.4, -0.2) is 12.0 Å². The van der Waals surface area contributed by atoms with Crippen LogP contribution in [0.2, 0.25) is 0 Å². The smallest absolute Gasteiger partial charge is 0.0521 e. The summed E-state index contributed by atoms with van der Waals surface area (Å²) >= 11 is 3.41. The summed E-state index contributed by atoms with van der Waals surface area (Å²) in [6.07, 6.45) is 5.85. The molecule has 1 N–H and O–H groups in total. The zero-order valence-corrected chi connectivity index (χ0v) is 10.3. The largest absolute Gasteiger partial charge is 0.310 e. The second-order valence-electron chi connectivity index (χ2n) is 3.45. The van der Waals surface area contributed by atoms with Gasteiger partial charge >= 0.3 is 0 Å². The average Bonchev–Trinajstić information content (AvgIpc) is 2.14. The fraction of sp³-hybridized carbons (Fsp3) is 0.364. The fourth-order valence-corrected chi connectivity index (χ4v) is 1.66. The zero-order chi connectivity index (χ0) is 10.6. The van der Waals surface area contributed by atoms with Gasteiger partial charge in [0.25, 0.3) is 0 Å². The molecule has 3 heteroatoms. The zero-order valence-electron chi connectivity index (χ0n) is 8.71. The SMILES string of the molecule is CNC(C=C(C)C)c1cncc(Br)c1. The van der Waals surface area contributed by atoms with Crippen molar-refractivity contribution in [2.75, 3.05) is 7.05 Å². The van der Waals surface area contributed by atoms with Gasteiger partial charge in [0.1, 0.15) is 0 Å². The summed E-state index contributed by atoms with van der Waals surface area (Å²) in [4.78, 5) is 4.14. The van der Waals surface area contributed by atoms with E-state index in [1.165, 1.54) is 11.1 Å². The van der Waals surface area contributed by atoms with E-state index in [2.05, 4.69) is 52.2 Å². The van der Waals surface area contributed by atoms with Crippen molar-refractivity contribution in [3.8, 4) is 0 Å². The summed E-state index contributed by atoms with van der Waals surface area (Å²) in [6.45, 7) is 4.19. The highest BCUT2D eigenvalue weighted by Gasteiger charge is 2.05. The molecular weight excluding hydrogens is 240 g/mol. The lowest BCUT2D eigenvalue weighted by atomic mass is 10.1. The normalized spacial score (nSPS) is 12.3. The van der Waals surface area contributed by atoms with E-state index < -0.39 is 0 Å². The highest BCUT2D eigenvalue weighted by molar-refractivity contribution is 9.10. The van der Waals surface area contributed by atoms with Gasteiger partial charge in [0, 0.05) is 16.9 Å². The number of nitrogens with one attached hydrogen (secondary N) is 1. The Kier molecular flexibility index (Phi) is 4.29. The van der Waals surface area contributed by atoms with Gasteiger partial charge in [0.05, 0.1) is 6.04 Å². The topological polar surface area (TPSA) is 24.9 Å². The molecule has 0 saturated carbocycles. The number of aromatic nitrogens is 1. The fourth-order valence-electron chi connectivity index (χ4n) is 1.28. The number of hydrogen-bond donors (Lipinski definition) is 1. The van der Waals surface area contributed by atoms with E-state index in [-0.39, 0.29) is 6.04 Å². The van der Waals surface area contributed by atoms with Gasteiger partial charge in [0.2, 0.25) is 0 Å². The summed E-state index contributed by atoms with van der Waals surface area (Å²) in [5, 5.41) is 3.24. The third kappa shape index (κ3) is 3.24. The van der Waals surface area contributed by atoms with Crippen LogP contribution in [0.25, 0.3) is 0 Å². The van der Waals surface area contributed by atoms with Crippen molar-refractivity contribution < 1.29 is 0 Å². The minimum Gasteiger partial charge on any atom is -0.310 e. The van der Waals surface area contributed by atoms with Crippen LogP contribution in [0.15, 0.2) is 34.6 Å². The molecule has 1 atom stereocenters. The molecule has 0 fully saturated rings. The number of nitrogens with zero attached hydrogens (tertiary/aromatic N) is 1. The third-order valence-corrected chi connectivity index (χ3v) is 2.33. The number of pyridine rings is 1. The molecule has 0 aromatic carbocycles. The molecule has 1 aromatic rings. The van der Waals surface area contributed by atoms with Gasteiger partial charge in [-0.1, -0.05) is 11.6 Å². The lowest BCUT2D eigenvalue weighted by Crippen LogP contribution is -2.14. The van der Waals surface area contributed by atoms with Gasteiger partial charge in [-0.25, -0.2) is 0 Å². The van der Waals surface area contributed by atoms with Crippen LogP contribution >= 0.6 is 15.9 Å². The lowest BCUT2D eigenvalue weighted by Gasteiger charge is -2.12. The molecule has 0 amide bonds. The predicted octanol–water partition coefficient (Wildman–Crippen LogP) is 3.07. The molecule has 2 nitrogen and oxygen atoms in total. The van der Waals surface area contributed by atoms with Gasteiger partial charge in [-0.2, -0.15) is 0 Å². The van der Waals surface area contributed by atoms with E-state index in [1.807, 2.05) is 13.2 Å². The quantitative estimate of drug-likeness (QED) is 0.839. The van der Waals surface area contributed by atoms with Crippen LogP contribution in [0, 0.1) is 0 Å². The summed E-state index contributed by atoms with van der Waals surface area (Å²) < 4.78 is 1.01. The van der Waals surface area contributed by atoms with E-state index in [0.29, 0.717) is 0 Å². The second kappa shape index (κ2) is 5.27. The molecule has 14 heavy (non-hydrogen) atoms. The Hall–Kier alpha value is -0.670. The minimum absolute atomic E-state index is 0.241. The molecule has 1 unspecified atom stereocenters. The molecule has 1 aromatic heterocycles. The standard InChI is InChI=1S/C11H15BrN2/c1-8(2)4-11(13-3)9-5-10(12)7-14-6-9/h4-7,11,13H,1-3H3. The van der Waals surface area contributed by atoms with Gasteiger partial charge in [-0.15, -0.1) is 0 Å². The highest BCUT2D eigenvalue weighted by Crippen LogP contribution is 2.18. The molecule has 0 aliphatic rings. The Labute approximate surface area is 93.6 Å². The van der Waals surface area contributed by atoms with E-state index in [9.17, 15) is 0 Å². The summed E-state index contributed by atoms with van der Waals surface area (Å²) in [6, 6.07) is 2.32. The highest BCUT2D eigenvalue weighted by atomic mass is 79.9. The summed E-state index contributed by atoms with van der Waals surface area (Å²) in [5.74, 6) is 0. The summed E-state index contributed by atoms with van der Waals surface area (Å²) in [5.41, 5.74) is 2.47. The lowest BCUT2D eigenvalue weighted by molar-refractivity contribution is 0.706. The molecule has 1 heterocycles. The Morgan fingerprint density at radius 3 is 2.71 bits per heavy atom. The van der Waals surface area contributed by atoms with E-state index >= 15 is 0 Å². The van der Waals surface area contributed by atoms with Crippen LogP contribution in [0.4, 0.5) is 0 Å². The number of hydrogen-bond acceptors (Lipinski definition) is 2. The first-order chi connectivity index (χ1) is 6.63. The van der Waals surface area contributed by atoms with Gasteiger partial charge in [-0.05, 0) is 48.5 Å². The van der Waals surface area contributed by atoms with Gasteiger partial charge in [-0.3, -0.25) is 4.98 Å². The van der Waals surface area contributed by atoms with Gasteiger partial charge < -0.3 is 5.32 Å². The number of allylic oxidation sites excluding steroid dienone is 1. The third-order valence-electron chi connectivity index (χ3n) is 1.90. The van der Waals surface area contributed by atoms with Crippen molar-refractivity contribution in [2.24, 2.45) is 0 Å². The van der Waals surface area contributed by atoms with E-state index in [1.54, 1.807) is 6.20 Å². The monoisotopic (exact) mass is 254 g/mol. The van der Waals surface area contributed by atoms with Crippen LogP contribution in [-0.2, 0) is 0 Å². The first-order valence-corrected chi connectivity index (χ1v) is 5.35. The van der Waals surface area contributed by atoms with Crippen LogP contribution in [0.5, 0.6) is 0 Å². The molecule has 0 aliphatic heterocycles. The molecule has 0 bridgehead atoms. The first kappa shape index (κ1) is 11.4.